The Hall–Kier alpha value is -3.02. The van der Waals surface area contributed by atoms with Crippen molar-refractivity contribution in [2.24, 2.45) is 5.10 Å². The molecule has 2 aromatic carbocycles. The Morgan fingerprint density at radius 2 is 1.87 bits per heavy atom. The first-order valence-electron chi connectivity index (χ1n) is 9.14. The second-order valence-electron chi connectivity index (χ2n) is 6.49. The van der Waals surface area contributed by atoms with Gasteiger partial charge in [0.1, 0.15) is 10.6 Å². The molecule has 0 aliphatic carbocycles. The summed E-state index contributed by atoms with van der Waals surface area (Å²) in [6.07, 6.45) is 0. The molecule has 0 aromatic heterocycles. The number of hydrazone groups is 1. The molecule has 10 nitrogen and oxygen atoms in total. The monoisotopic (exact) mass is 434 g/mol. The Balaban J connectivity index is 1.94. The Bertz CT molecular complexity index is 1050. The van der Waals surface area contributed by atoms with E-state index in [0.29, 0.717) is 11.5 Å². The number of hydrogen-bond donors (Lipinski definition) is 1. The topological polar surface area (TPSA) is 123 Å². The minimum absolute atomic E-state index is 0.153. The molecule has 1 N–H and O–H groups in total. The molecule has 0 unspecified atom stereocenters. The zero-order chi connectivity index (χ0) is 21.7. The SMILES string of the molecule is COc1ccc(C(C)=NNc2ccc([N+](=O)[O-])cc2S(=O)(=O)N2CCOCC2)cc1. The van der Waals surface area contributed by atoms with Crippen LogP contribution in [0.4, 0.5) is 11.4 Å². The van der Waals surface area contributed by atoms with Crippen LogP contribution in [-0.2, 0) is 14.8 Å². The molecule has 0 atom stereocenters. The molecule has 0 amide bonds. The van der Waals surface area contributed by atoms with Crippen molar-refractivity contribution < 1.29 is 22.8 Å². The van der Waals surface area contributed by atoms with Crippen LogP contribution in [-0.4, -0.2) is 56.8 Å². The number of nitro benzene ring substituents is 1. The Morgan fingerprint density at radius 1 is 1.20 bits per heavy atom. The molecule has 1 aliphatic rings. The number of anilines is 1. The van der Waals surface area contributed by atoms with Gasteiger partial charge in [0.15, 0.2) is 0 Å². The Labute approximate surface area is 174 Å². The van der Waals surface area contributed by atoms with Crippen molar-refractivity contribution in [1.82, 2.24) is 4.31 Å². The van der Waals surface area contributed by atoms with E-state index >= 15 is 0 Å². The predicted molar refractivity (Wildman–Crippen MR) is 112 cm³/mol. The van der Waals surface area contributed by atoms with Crippen LogP contribution in [0.1, 0.15) is 12.5 Å². The van der Waals surface area contributed by atoms with Crippen molar-refractivity contribution in [2.45, 2.75) is 11.8 Å². The van der Waals surface area contributed by atoms with Crippen LogP contribution < -0.4 is 10.2 Å². The molecule has 0 spiro atoms. The van der Waals surface area contributed by atoms with Gasteiger partial charge in [0.2, 0.25) is 10.0 Å². The van der Waals surface area contributed by atoms with Gasteiger partial charge in [0, 0.05) is 25.2 Å². The summed E-state index contributed by atoms with van der Waals surface area (Å²) in [4.78, 5) is 10.4. The lowest BCUT2D eigenvalue weighted by Gasteiger charge is -2.26. The van der Waals surface area contributed by atoms with Crippen LogP contribution >= 0.6 is 0 Å². The van der Waals surface area contributed by atoms with Gasteiger partial charge in [-0.25, -0.2) is 8.42 Å². The van der Waals surface area contributed by atoms with Crippen LogP contribution in [0.2, 0.25) is 0 Å². The molecule has 3 rings (SSSR count). The minimum atomic E-state index is -3.97. The summed E-state index contributed by atoms with van der Waals surface area (Å²) >= 11 is 0. The van der Waals surface area contributed by atoms with E-state index in [1.54, 1.807) is 26.2 Å². The summed E-state index contributed by atoms with van der Waals surface area (Å²) in [5.41, 5.74) is 4.00. The number of rotatable bonds is 7. The molecular formula is C19H22N4O6S. The molecule has 2 aromatic rings. The summed E-state index contributed by atoms with van der Waals surface area (Å²) in [7, 11) is -2.40. The molecule has 1 aliphatic heterocycles. The van der Waals surface area contributed by atoms with E-state index in [1.807, 2.05) is 12.1 Å². The van der Waals surface area contributed by atoms with E-state index in [9.17, 15) is 18.5 Å². The van der Waals surface area contributed by atoms with Crippen molar-refractivity contribution in [2.75, 3.05) is 38.8 Å². The molecular weight excluding hydrogens is 412 g/mol. The van der Waals surface area contributed by atoms with Gasteiger partial charge in [-0.3, -0.25) is 15.5 Å². The second kappa shape index (κ2) is 9.20. The Morgan fingerprint density at radius 3 is 2.47 bits per heavy atom. The number of nitrogens with zero attached hydrogens (tertiary/aromatic N) is 3. The van der Waals surface area contributed by atoms with Gasteiger partial charge in [-0.05, 0) is 42.8 Å². The maximum Gasteiger partial charge on any atom is 0.270 e. The van der Waals surface area contributed by atoms with Gasteiger partial charge < -0.3 is 9.47 Å². The largest absolute Gasteiger partial charge is 0.497 e. The first-order chi connectivity index (χ1) is 14.3. The number of non-ortho nitro benzene ring substituents is 1. The minimum Gasteiger partial charge on any atom is -0.497 e. The molecule has 1 heterocycles. The molecule has 0 saturated carbocycles. The summed E-state index contributed by atoms with van der Waals surface area (Å²) in [6.45, 7) is 2.66. The summed E-state index contributed by atoms with van der Waals surface area (Å²) < 4.78 is 37.8. The van der Waals surface area contributed by atoms with E-state index in [2.05, 4.69) is 10.5 Å². The third-order valence-corrected chi connectivity index (χ3v) is 6.55. The summed E-state index contributed by atoms with van der Waals surface area (Å²) in [5.74, 6) is 0.703. The molecule has 11 heteroatoms. The van der Waals surface area contributed by atoms with Crippen LogP contribution in [0, 0.1) is 10.1 Å². The van der Waals surface area contributed by atoms with E-state index in [0.717, 1.165) is 11.6 Å². The lowest BCUT2D eigenvalue weighted by atomic mass is 10.1. The van der Waals surface area contributed by atoms with Crippen LogP contribution in [0.15, 0.2) is 52.5 Å². The van der Waals surface area contributed by atoms with E-state index in [4.69, 9.17) is 9.47 Å². The number of nitro groups is 1. The maximum absolute atomic E-state index is 13.1. The van der Waals surface area contributed by atoms with Gasteiger partial charge in [0.05, 0.1) is 36.6 Å². The summed E-state index contributed by atoms with van der Waals surface area (Å²) in [6, 6.07) is 10.8. The van der Waals surface area contributed by atoms with Crippen LogP contribution in [0.5, 0.6) is 5.75 Å². The third kappa shape index (κ3) is 4.75. The van der Waals surface area contributed by atoms with Crippen molar-refractivity contribution in [3.63, 3.8) is 0 Å². The number of nitrogens with one attached hydrogen (secondary N) is 1. The number of hydrogen-bond acceptors (Lipinski definition) is 8. The lowest BCUT2D eigenvalue weighted by molar-refractivity contribution is -0.385. The normalized spacial score (nSPS) is 15.6. The van der Waals surface area contributed by atoms with Crippen molar-refractivity contribution >= 4 is 27.1 Å². The van der Waals surface area contributed by atoms with Crippen molar-refractivity contribution in [3.05, 3.63) is 58.1 Å². The molecule has 1 saturated heterocycles. The van der Waals surface area contributed by atoms with Crippen molar-refractivity contribution in [1.29, 1.82) is 0 Å². The van der Waals surface area contributed by atoms with Gasteiger partial charge in [-0.1, -0.05) is 0 Å². The molecule has 30 heavy (non-hydrogen) atoms. The molecule has 0 bridgehead atoms. The van der Waals surface area contributed by atoms with Gasteiger partial charge in [-0.15, -0.1) is 0 Å². The standard InChI is InChI=1S/C19H22N4O6S/c1-14(15-3-6-17(28-2)7-4-15)20-21-18-8-5-16(23(24)25)13-19(18)30(26,27)22-9-11-29-12-10-22/h3-8,13,21H,9-12H2,1-2H3. The third-order valence-electron chi connectivity index (χ3n) is 4.62. The van der Waals surface area contributed by atoms with Gasteiger partial charge in [0.25, 0.3) is 5.69 Å². The number of methoxy groups -OCH3 is 1. The zero-order valence-corrected chi connectivity index (χ0v) is 17.4. The first-order valence-corrected chi connectivity index (χ1v) is 10.6. The van der Waals surface area contributed by atoms with E-state index in [-0.39, 0.29) is 42.6 Å². The fraction of sp³-hybridized carbons (Fsp3) is 0.316. The van der Waals surface area contributed by atoms with Crippen LogP contribution in [0.25, 0.3) is 0 Å². The zero-order valence-electron chi connectivity index (χ0n) is 16.6. The lowest BCUT2D eigenvalue weighted by Crippen LogP contribution is -2.40. The number of sulfonamides is 1. The number of benzene rings is 2. The molecule has 1 fully saturated rings. The maximum atomic E-state index is 13.1. The smallest absolute Gasteiger partial charge is 0.270 e. The first kappa shape index (κ1) is 21.7. The highest BCUT2D eigenvalue weighted by molar-refractivity contribution is 7.89. The second-order valence-corrected chi connectivity index (χ2v) is 8.40. The highest BCUT2D eigenvalue weighted by Gasteiger charge is 2.30. The fourth-order valence-electron chi connectivity index (χ4n) is 2.90. The number of ether oxygens (including phenoxy) is 2. The summed E-state index contributed by atoms with van der Waals surface area (Å²) in [5, 5.41) is 15.5. The molecule has 160 valence electrons. The quantitative estimate of drug-likeness (QED) is 0.403. The highest BCUT2D eigenvalue weighted by Crippen LogP contribution is 2.29. The average Bonchev–Trinajstić information content (AvgIpc) is 2.77. The number of morpholine rings is 1. The fourth-order valence-corrected chi connectivity index (χ4v) is 4.47. The Kier molecular flexibility index (Phi) is 6.65. The average molecular weight is 434 g/mol. The van der Waals surface area contributed by atoms with Gasteiger partial charge >= 0.3 is 0 Å². The predicted octanol–water partition coefficient (Wildman–Crippen LogP) is 2.46. The van der Waals surface area contributed by atoms with Crippen molar-refractivity contribution in [3.8, 4) is 5.75 Å². The van der Waals surface area contributed by atoms with E-state index < -0.39 is 14.9 Å². The molecule has 0 radical (unpaired) electrons. The highest BCUT2D eigenvalue weighted by atomic mass is 32.2. The van der Waals surface area contributed by atoms with Crippen LogP contribution in [0.3, 0.4) is 0 Å². The van der Waals surface area contributed by atoms with Gasteiger partial charge in [-0.2, -0.15) is 9.41 Å². The van der Waals surface area contributed by atoms with E-state index in [1.165, 1.54) is 16.4 Å².